The van der Waals surface area contributed by atoms with Gasteiger partial charge in [0, 0.05) is 3.57 Å². The van der Waals surface area contributed by atoms with Crippen LogP contribution in [0.25, 0.3) is 22.3 Å². The third-order valence-electron chi connectivity index (χ3n) is 4.34. The molecule has 3 aromatic carbocycles. The van der Waals surface area contributed by atoms with Gasteiger partial charge in [0.25, 0.3) is 0 Å². The number of hydrogen-bond acceptors (Lipinski definition) is 0. The lowest BCUT2D eigenvalue weighted by Crippen LogP contribution is -1.91. The summed E-state index contributed by atoms with van der Waals surface area (Å²) in [5.74, 6) is -0.157. The van der Waals surface area contributed by atoms with E-state index in [9.17, 15) is 4.39 Å². The SMILES string of the molecule is Cc1cc(-c2ccc(-c3ccc(C)c(C)c3I)cc2)ccc1F. The van der Waals surface area contributed by atoms with Crippen LogP contribution in [0.4, 0.5) is 4.39 Å². The van der Waals surface area contributed by atoms with Crippen LogP contribution in [0.15, 0.2) is 54.6 Å². The molecule has 0 spiro atoms. The molecule has 0 N–H and O–H groups in total. The van der Waals surface area contributed by atoms with Gasteiger partial charge < -0.3 is 0 Å². The predicted molar refractivity (Wildman–Crippen MR) is 104 cm³/mol. The van der Waals surface area contributed by atoms with Crippen LogP contribution >= 0.6 is 22.6 Å². The summed E-state index contributed by atoms with van der Waals surface area (Å²) in [6, 6.07) is 18.1. The third-order valence-corrected chi connectivity index (χ3v) is 5.73. The van der Waals surface area contributed by atoms with Gasteiger partial charge in [-0.05, 0) is 94.4 Å². The molecule has 0 aromatic heterocycles. The standard InChI is InChI=1S/C21H18FI/c1-13-4-10-19(21(23)15(13)3)17-7-5-16(6-8-17)18-9-11-20(22)14(2)12-18/h4-12H,1-3H3. The molecule has 0 aliphatic heterocycles. The zero-order chi connectivity index (χ0) is 16.6. The van der Waals surface area contributed by atoms with Crippen LogP contribution in [0.3, 0.4) is 0 Å². The van der Waals surface area contributed by atoms with Crippen LogP contribution in [-0.2, 0) is 0 Å². The van der Waals surface area contributed by atoms with Crippen LogP contribution in [0.2, 0.25) is 0 Å². The molecule has 23 heavy (non-hydrogen) atoms. The summed E-state index contributed by atoms with van der Waals surface area (Å²) < 4.78 is 14.7. The summed E-state index contributed by atoms with van der Waals surface area (Å²) in [6.45, 7) is 6.10. The van der Waals surface area contributed by atoms with E-state index in [1.807, 2.05) is 12.1 Å². The molecular weight excluding hydrogens is 398 g/mol. The fraction of sp³-hybridized carbons (Fsp3) is 0.143. The topological polar surface area (TPSA) is 0 Å². The van der Waals surface area contributed by atoms with E-state index in [0.29, 0.717) is 5.56 Å². The number of hydrogen-bond donors (Lipinski definition) is 0. The zero-order valence-corrected chi connectivity index (χ0v) is 15.6. The number of rotatable bonds is 2. The normalized spacial score (nSPS) is 10.8. The maximum atomic E-state index is 13.4. The fourth-order valence-electron chi connectivity index (χ4n) is 2.67. The van der Waals surface area contributed by atoms with E-state index in [1.165, 1.54) is 31.9 Å². The van der Waals surface area contributed by atoms with Gasteiger partial charge in [0.15, 0.2) is 0 Å². The second kappa shape index (κ2) is 6.44. The van der Waals surface area contributed by atoms with Gasteiger partial charge in [-0.2, -0.15) is 0 Å². The second-order valence-electron chi connectivity index (χ2n) is 5.91. The highest BCUT2D eigenvalue weighted by Crippen LogP contribution is 2.31. The van der Waals surface area contributed by atoms with Crippen molar-refractivity contribution in [1.29, 1.82) is 0 Å². The first-order chi connectivity index (χ1) is 11.0. The molecule has 0 unspecified atom stereocenters. The lowest BCUT2D eigenvalue weighted by Gasteiger charge is -2.11. The van der Waals surface area contributed by atoms with Crippen molar-refractivity contribution in [3.8, 4) is 22.3 Å². The van der Waals surface area contributed by atoms with Gasteiger partial charge in [0.05, 0.1) is 0 Å². The number of halogens is 2. The van der Waals surface area contributed by atoms with E-state index < -0.39 is 0 Å². The average molecular weight is 416 g/mol. The van der Waals surface area contributed by atoms with Gasteiger partial charge in [-0.15, -0.1) is 0 Å². The minimum atomic E-state index is -0.157. The van der Waals surface area contributed by atoms with Gasteiger partial charge in [0.2, 0.25) is 0 Å². The van der Waals surface area contributed by atoms with E-state index >= 15 is 0 Å². The maximum Gasteiger partial charge on any atom is 0.126 e. The van der Waals surface area contributed by atoms with E-state index in [4.69, 9.17) is 0 Å². The lowest BCUT2D eigenvalue weighted by atomic mass is 9.97. The Morgan fingerprint density at radius 3 is 1.96 bits per heavy atom. The molecule has 2 heteroatoms. The predicted octanol–water partition coefficient (Wildman–Crippen LogP) is 6.69. The summed E-state index contributed by atoms with van der Waals surface area (Å²) in [4.78, 5) is 0. The largest absolute Gasteiger partial charge is 0.207 e. The summed E-state index contributed by atoms with van der Waals surface area (Å²) in [5.41, 5.74) is 7.95. The molecule has 0 saturated heterocycles. The molecule has 0 aliphatic carbocycles. The highest BCUT2D eigenvalue weighted by molar-refractivity contribution is 14.1. The summed E-state index contributed by atoms with van der Waals surface area (Å²) in [7, 11) is 0. The van der Waals surface area contributed by atoms with Gasteiger partial charge in [0.1, 0.15) is 5.82 Å². The van der Waals surface area contributed by atoms with Crippen molar-refractivity contribution in [2.24, 2.45) is 0 Å². The molecule has 0 bridgehead atoms. The van der Waals surface area contributed by atoms with Crippen molar-refractivity contribution in [3.63, 3.8) is 0 Å². The minimum Gasteiger partial charge on any atom is -0.207 e. The van der Waals surface area contributed by atoms with Gasteiger partial charge in [-0.25, -0.2) is 4.39 Å². The van der Waals surface area contributed by atoms with E-state index in [-0.39, 0.29) is 5.82 Å². The summed E-state index contributed by atoms with van der Waals surface area (Å²) in [5, 5.41) is 0. The van der Waals surface area contributed by atoms with Gasteiger partial charge >= 0.3 is 0 Å². The fourth-order valence-corrected chi connectivity index (χ4v) is 3.59. The lowest BCUT2D eigenvalue weighted by molar-refractivity contribution is 0.619. The monoisotopic (exact) mass is 416 g/mol. The van der Waals surface area contributed by atoms with Crippen molar-refractivity contribution >= 4 is 22.6 Å². The van der Waals surface area contributed by atoms with Crippen LogP contribution < -0.4 is 0 Å². The van der Waals surface area contributed by atoms with Crippen molar-refractivity contribution < 1.29 is 4.39 Å². The Hall–Kier alpha value is -1.68. The average Bonchev–Trinajstić information content (AvgIpc) is 2.56. The molecule has 116 valence electrons. The molecule has 0 amide bonds. The Balaban J connectivity index is 1.99. The Morgan fingerprint density at radius 2 is 1.30 bits per heavy atom. The molecular formula is C21H18FI. The molecule has 3 aromatic rings. The molecule has 0 saturated carbocycles. The Morgan fingerprint density at radius 1 is 0.696 bits per heavy atom. The Kier molecular flexibility index (Phi) is 4.53. The zero-order valence-electron chi connectivity index (χ0n) is 13.5. The van der Waals surface area contributed by atoms with Gasteiger partial charge in [-0.1, -0.05) is 42.5 Å². The van der Waals surface area contributed by atoms with Crippen LogP contribution in [0.1, 0.15) is 16.7 Å². The molecule has 3 rings (SSSR count). The van der Waals surface area contributed by atoms with Crippen molar-refractivity contribution in [1.82, 2.24) is 0 Å². The van der Waals surface area contributed by atoms with Gasteiger partial charge in [-0.3, -0.25) is 0 Å². The van der Waals surface area contributed by atoms with Crippen LogP contribution in [0.5, 0.6) is 0 Å². The molecule has 0 aliphatic rings. The molecule has 0 heterocycles. The Labute approximate surface area is 150 Å². The van der Waals surface area contributed by atoms with Crippen LogP contribution in [0, 0.1) is 30.2 Å². The highest BCUT2D eigenvalue weighted by atomic mass is 127. The molecule has 0 atom stereocenters. The molecule has 0 radical (unpaired) electrons. The van der Waals surface area contributed by atoms with E-state index in [1.54, 1.807) is 6.92 Å². The van der Waals surface area contributed by atoms with Crippen LogP contribution in [-0.4, -0.2) is 0 Å². The second-order valence-corrected chi connectivity index (χ2v) is 6.99. The van der Waals surface area contributed by atoms with E-state index in [0.717, 1.165) is 11.1 Å². The van der Waals surface area contributed by atoms with Crippen molar-refractivity contribution in [2.75, 3.05) is 0 Å². The smallest absolute Gasteiger partial charge is 0.126 e. The number of aryl methyl sites for hydroxylation is 2. The molecule has 0 nitrogen and oxygen atoms in total. The first-order valence-corrected chi connectivity index (χ1v) is 8.68. The molecule has 0 fully saturated rings. The number of benzene rings is 3. The van der Waals surface area contributed by atoms with Crippen molar-refractivity contribution in [3.05, 3.63) is 80.7 Å². The first-order valence-electron chi connectivity index (χ1n) is 7.60. The minimum absolute atomic E-state index is 0.157. The quantitative estimate of drug-likeness (QED) is 0.409. The van der Waals surface area contributed by atoms with E-state index in [2.05, 4.69) is 72.8 Å². The summed E-state index contributed by atoms with van der Waals surface area (Å²) >= 11 is 2.42. The summed E-state index contributed by atoms with van der Waals surface area (Å²) in [6.07, 6.45) is 0. The Bertz CT molecular complexity index is 864. The maximum absolute atomic E-state index is 13.4. The third kappa shape index (κ3) is 3.18. The first kappa shape index (κ1) is 16.2. The highest BCUT2D eigenvalue weighted by Gasteiger charge is 2.08. The van der Waals surface area contributed by atoms with Crippen molar-refractivity contribution in [2.45, 2.75) is 20.8 Å².